The Morgan fingerprint density at radius 2 is 1.97 bits per heavy atom. The molecule has 0 unspecified atom stereocenters. The van der Waals surface area contributed by atoms with Crippen LogP contribution >= 0.6 is 0 Å². The third-order valence-electron chi connectivity index (χ3n) is 6.64. The van der Waals surface area contributed by atoms with Crippen molar-refractivity contribution in [1.29, 1.82) is 0 Å². The molecule has 30 heavy (non-hydrogen) atoms. The molecule has 1 saturated carbocycles. The molecule has 1 aliphatic carbocycles. The maximum Gasteiger partial charge on any atom is 0.269 e. The number of hydrogen-bond acceptors (Lipinski definition) is 6. The van der Waals surface area contributed by atoms with Crippen molar-refractivity contribution >= 4 is 23.2 Å². The van der Waals surface area contributed by atoms with Gasteiger partial charge in [0, 0.05) is 46.0 Å². The van der Waals surface area contributed by atoms with Gasteiger partial charge in [-0.05, 0) is 36.6 Å². The predicted octanol–water partition coefficient (Wildman–Crippen LogP) is 1.53. The lowest BCUT2D eigenvalue weighted by atomic mass is 9.67. The second-order valence-corrected chi connectivity index (χ2v) is 8.37. The molecular formula is C22H26N6O2. The smallest absolute Gasteiger partial charge is 0.269 e. The number of carbonyl (C=O) groups excluding carboxylic acids is 2. The summed E-state index contributed by atoms with van der Waals surface area (Å²) in [4.78, 5) is 37.7. The first-order valence-electron chi connectivity index (χ1n) is 10.6. The van der Waals surface area contributed by atoms with Crippen molar-refractivity contribution in [2.45, 2.75) is 31.2 Å². The van der Waals surface area contributed by atoms with E-state index in [2.05, 4.69) is 36.5 Å². The minimum atomic E-state index is -0.346. The lowest BCUT2D eigenvalue weighted by Gasteiger charge is -2.36. The molecule has 2 amide bonds. The van der Waals surface area contributed by atoms with Gasteiger partial charge in [-0.15, -0.1) is 0 Å². The molecule has 2 aliphatic heterocycles. The molecule has 0 radical (unpaired) electrons. The van der Waals surface area contributed by atoms with Crippen LogP contribution in [0.2, 0.25) is 0 Å². The molecule has 2 aromatic heterocycles. The number of carbonyl (C=O) groups is 2. The van der Waals surface area contributed by atoms with Gasteiger partial charge in [-0.1, -0.05) is 6.42 Å². The molecule has 3 aliphatic rings. The summed E-state index contributed by atoms with van der Waals surface area (Å²) in [5, 5.41) is 5.64. The zero-order valence-corrected chi connectivity index (χ0v) is 17.1. The van der Waals surface area contributed by atoms with Crippen LogP contribution in [0.1, 0.15) is 41.0 Å². The van der Waals surface area contributed by atoms with Crippen LogP contribution in [0.15, 0.2) is 30.6 Å². The normalized spacial score (nSPS) is 19.9. The summed E-state index contributed by atoms with van der Waals surface area (Å²) in [6, 6.07) is 5.82. The van der Waals surface area contributed by atoms with Crippen LogP contribution < -0.4 is 15.5 Å². The standard InChI is InChI=1S/C22H26N6O2/c1-23-20(29)17-4-3-16(13-24-17)28-9-7-27(8-10-28)14-15-11-18-19(25-12-15)22(5-2-6-22)21(30)26-18/h3-4,11-13H,2,5-10,14H2,1H3,(H,23,29)(H,26,30). The minimum absolute atomic E-state index is 0.123. The Bertz CT molecular complexity index is 978. The Morgan fingerprint density at radius 1 is 1.17 bits per heavy atom. The molecule has 2 fully saturated rings. The third kappa shape index (κ3) is 3.11. The van der Waals surface area contributed by atoms with Crippen LogP contribution in [0, 0.1) is 0 Å². The molecular weight excluding hydrogens is 380 g/mol. The first kappa shape index (κ1) is 19.0. The summed E-state index contributed by atoms with van der Waals surface area (Å²) in [5.41, 5.74) is 4.10. The van der Waals surface area contributed by atoms with Gasteiger partial charge in [0.1, 0.15) is 5.69 Å². The Balaban J connectivity index is 1.20. The van der Waals surface area contributed by atoms with Crippen molar-refractivity contribution in [3.63, 3.8) is 0 Å². The van der Waals surface area contributed by atoms with Gasteiger partial charge in [0.05, 0.1) is 28.7 Å². The second kappa shape index (κ2) is 7.36. The van der Waals surface area contributed by atoms with E-state index in [0.29, 0.717) is 5.69 Å². The van der Waals surface area contributed by atoms with E-state index in [1.165, 1.54) is 0 Å². The molecule has 1 saturated heterocycles. The van der Waals surface area contributed by atoms with E-state index in [1.54, 1.807) is 19.3 Å². The van der Waals surface area contributed by atoms with E-state index in [0.717, 1.165) is 74.6 Å². The lowest BCUT2D eigenvalue weighted by Crippen LogP contribution is -2.46. The summed E-state index contributed by atoms with van der Waals surface area (Å²) in [6.07, 6.45) is 6.64. The third-order valence-corrected chi connectivity index (χ3v) is 6.64. The number of nitrogens with one attached hydrogen (secondary N) is 2. The van der Waals surface area contributed by atoms with Gasteiger partial charge in [-0.3, -0.25) is 19.5 Å². The van der Waals surface area contributed by atoms with Crippen LogP contribution in [0.25, 0.3) is 0 Å². The summed E-state index contributed by atoms with van der Waals surface area (Å²) < 4.78 is 0. The van der Waals surface area contributed by atoms with E-state index in [9.17, 15) is 9.59 Å². The monoisotopic (exact) mass is 406 g/mol. The van der Waals surface area contributed by atoms with Crippen LogP contribution in [-0.2, 0) is 16.8 Å². The molecule has 8 heteroatoms. The molecule has 2 aromatic rings. The molecule has 4 heterocycles. The quantitative estimate of drug-likeness (QED) is 0.800. The topological polar surface area (TPSA) is 90.5 Å². The van der Waals surface area contributed by atoms with Crippen molar-refractivity contribution in [1.82, 2.24) is 20.2 Å². The highest BCUT2D eigenvalue weighted by Gasteiger charge is 2.52. The fourth-order valence-corrected chi connectivity index (χ4v) is 4.67. The Hall–Kier alpha value is -3.00. The molecule has 5 rings (SSSR count). The number of fused-ring (bicyclic) bond motifs is 2. The van der Waals surface area contributed by atoms with E-state index in [4.69, 9.17) is 0 Å². The number of piperazine rings is 1. The Labute approximate surface area is 175 Å². The maximum absolute atomic E-state index is 12.4. The number of aromatic nitrogens is 2. The van der Waals surface area contributed by atoms with Gasteiger partial charge in [0.15, 0.2) is 0 Å². The molecule has 1 spiro atoms. The summed E-state index contributed by atoms with van der Waals surface area (Å²) in [6.45, 7) is 4.50. The van der Waals surface area contributed by atoms with Gasteiger partial charge in [-0.2, -0.15) is 0 Å². The molecule has 0 aromatic carbocycles. The number of pyridine rings is 2. The van der Waals surface area contributed by atoms with Crippen LogP contribution in [0.4, 0.5) is 11.4 Å². The fourth-order valence-electron chi connectivity index (χ4n) is 4.67. The molecule has 0 bridgehead atoms. The average Bonchev–Trinajstić information content (AvgIpc) is 3.05. The SMILES string of the molecule is CNC(=O)c1ccc(N2CCN(Cc3cnc4c(c3)NC(=O)C43CCC3)CC2)cn1. The maximum atomic E-state index is 12.4. The van der Waals surface area contributed by atoms with E-state index >= 15 is 0 Å². The number of anilines is 2. The highest BCUT2D eigenvalue weighted by atomic mass is 16.2. The largest absolute Gasteiger partial charge is 0.368 e. The fraction of sp³-hybridized carbons (Fsp3) is 0.455. The number of hydrogen-bond donors (Lipinski definition) is 2. The van der Waals surface area contributed by atoms with Gasteiger partial charge in [-0.25, -0.2) is 4.98 Å². The second-order valence-electron chi connectivity index (χ2n) is 8.37. The predicted molar refractivity (Wildman–Crippen MR) is 114 cm³/mol. The van der Waals surface area contributed by atoms with E-state index < -0.39 is 0 Å². The van der Waals surface area contributed by atoms with E-state index in [-0.39, 0.29) is 17.2 Å². The zero-order chi connectivity index (χ0) is 20.7. The minimum Gasteiger partial charge on any atom is -0.368 e. The summed E-state index contributed by atoms with van der Waals surface area (Å²) in [5.74, 6) is -0.0493. The molecule has 8 nitrogen and oxygen atoms in total. The van der Waals surface area contributed by atoms with Crippen LogP contribution in [-0.4, -0.2) is 59.9 Å². The van der Waals surface area contributed by atoms with Crippen LogP contribution in [0.3, 0.4) is 0 Å². The lowest BCUT2D eigenvalue weighted by molar-refractivity contribution is -0.123. The van der Waals surface area contributed by atoms with E-state index in [1.807, 2.05) is 12.3 Å². The van der Waals surface area contributed by atoms with Crippen molar-refractivity contribution in [3.8, 4) is 0 Å². The number of amides is 2. The van der Waals surface area contributed by atoms with Crippen molar-refractivity contribution in [3.05, 3.63) is 47.5 Å². The van der Waals surface area contributed by atoms with Crippen LogP contribution in [0.5, 0.6) is 0 Å². The molecule has 0 atom stereocenters. The number of rotatable bonds is 4. The van der Waals surface area contributed by atoms with Gasteiger partial charge < -0.3 is 15.5 Å². The zero-order valence-electron chi connectivity index (χ0n) is 17.1. The van der Waals surface area contributed by atoms with Crippen molar-refractivity contribution < 1.29 is 9.59 Å². The van der Waals surface area contributed by atoms with Crippen molar-refractivity contribution in [2.24, 2.45) is 0 Å². The molecule has 2 N–H and O–H groups in total. The summed E-state index contributed by atoms with van der Waals surface area (Å²) >= 11 is 0. The Kier molecular flexibility index (Phi) is 4.66. The summed E-state index contributed by atoms with van der Waals surface area (Å²) in [7, 11) is 1.60. The average molecular weight is 406 g/mol. The Morgan fingerprint density at radius 3 is 2.60 bits per heavy atom. The van der Waals surface area contributed by atoms with Gasteiger partial charge in [0.25, 0.3) is 5.91 Å². The first-order valence-corrected chi connectivity index (χ1v) is 10.6. The highest BCUT2D eigenvalue weighted by molar-refractivity contribution is 6.06. The van der Waals surface area contributed by atoms with Gasteiger partial charge in [0.2, 0.25) is 5.91 Å². The molecule has 156 valence electrons. The first-order chi connectivity index (χ1) is 14.6. The van der Waals surface area contributed by atoms with Crippen molar-refractivity contribution in [2.75, 3.05) is 43.4 Å². The number of nitrogens with zero attached hydrogens (tertiary/aromatic N) is 4. The van der Waals surface area contributed by atoms with Gasteiger partial charge >= 0.3 is 0 Å². The highest BCUT2D eigenvalue weighted by Crippen LogP contribution is 2.50.